The Hall–Kier alpha value is -2.84. The fourth-order valence-electron chi connectivity index (χ4n) is 2.40. The van der Waals surface area contributed by atoms with Crippen molar-refractivity contribution < 1.29 is 14.1 Å². The first-order valence-corrected chi connectivity index (χ1v) is 10.1. The lowest BCUT2D eigenvalue weighted by Gasteiger charge is -1.98. The SMILES string of the molecule is CCc1ccc(-c2noc(COC(=O)c3csc(-c4cccs4)n3)n2)cc1. The first-order chi connectivity index (χ1) is 13.2. The van der Waals surface area contributed by atoms with Gasteiger partial charge in [0.15, 0.2) is 12.3 Å². The van der Waals surface area contributed by atoms with Gasteiger partial charge in [0.05, 0.1) is 4.88 Å². The second-order valence-corrected chi connectivity index (χ2v) is 7.46. The summed E-state index contributed by atoms with van der Waals surface area (Å²) in [4.78, 5) is 21.8. The van der Waals surface area contributed by atoms with Crippen LogP contribution in [0, 0.1) is 0 Å². The topological polar surface area (TPSA) is 78.1 Å². The number of esters is 1. The molecule has 3 aromatic heterocycles. The summed E-state index contributed by atoms with van der Waals surface area (Å²) < 4.78 is 10.4. The lowest BCUT2D eigenvalue weighted by molar-refractivity contribution is 0.0424. The summed E-state index contributed by atoms with van der Waals surface area (Å²) >= 11 is 2.99. The summed E-state index contributed by atoms with van der Waals surface area (Å²) in [6.45, 7) is 2.01. The third-order valence-electron chi connectivity index (χ3n) is 3.86. The van der Waals surface area contributed by atoms with Gasteiger partial charge in [0.1, 0.15) is 5.01 Å². The van der Waals surface area contributed by atoms with E-state index in [1.165, 1.54) is 16.9 Å². The molecule has 0 saturated heterocycles. The molecular weight excluding hydrogens is 382 g/mol. The van der Waals surface area contributed by atoms with Crippen molar-refractivity contribution in [3.8, 4) is 21.3 Å². The minimum absolute atomic E-state index is 0.0925. The molecule has 8 heteroatoms. The predicted molar refractivity (Wildman–Crippen MR) is 104 cm³/mol. The number of thiophene rings is 1. The van der Waals surface area contributed by atoms with Crippen LogP contribution in [-0.4, -0.2) is 21.1 Å². The maximum Gasteiger partial charge on any atom is 0.358 e. The highest BCUT2D eigenvalue weighted by Crippen LogP contribution is 2.28. The Morgan fingerprint density at radius 3 is 2.74 bits per heavy atom. The van der Waals surface area contributed by atoms with Crippen LogP contribution in [0.15, 0.2) is 51.7 Å². The fraction of sp³-hybridized carbons (Fsp3) is 0.158. The second kappa shape index (κ2) is 7.81. The zero-order valence-electron chi connectivity index (χ0n) is 14.4. The fourth-order valence-corrected chi connectivity index (χ4v) is 4.01. The van der Waals surface area contributed by atoms with Crippen molar-refractivity contribution in [2.24, 2.45) is 0 Å². The molecule has 0 aliphatic rings. The lowest BCUT2D eigenvalue weighted by atomic mass is 10.1. The molecule has 4 aromatic rings. The van der Waals surface area contributed by atoms with Gasteiger partial charge in [-0.3, -0.25) is 0 Å². The Morgan fingerprint density at radius 2 is 2.00 bits per heavy atom. The van der Waals surface area contributed by atoms with Crippen molar-refractivity contribution in [1.82, 2.24) is 15.1 Å². The molecular formula is C19H15N3O3S2. The van der Waals surface area contributed by atoms with E-state index >= 15 is 0 Å². The van der Waals surface area contributed by atoms with Crippen LogP contribution in [0.4, 0.5) is 0 Å². The number of thiazole rings is 1. The van der Waals surface area contributed by atoms with Gasteiger partial charge < -0.3 is 9.26 Å². The molecule has 1 aromatic carbocycles. The molecule has 0 unspecified atom stereocenters. The van der Waals surface area contributed by atoms with E-state index in [0.29, 0.717) is 5.82 Å². The zero-order valence-corrected chi connectivity index (χ0v) is 16.0. The van der Waals surface area contributed by atoms with Crippen LogP contribution in [0.1, 0.15) is 28.9 Å². The molecule has 27 heavy (non-hydrogen) atoms. The van der Waals surface area contributed by atoms with E-state index in [-0.39, 0.29) is 18.2 Å². The van der Waals surface area contributed by atoms with Crippen LogP contribution in [-0.2, 0) is 17.8 Å². The molecule has 0 atom stereocenters. The number of aryl methyl sites for hydroxylation is 1. The van der Waals surface area contributed by atoms with Gasteiger partial charge in [-0.25, -0.2) is 9.78 Å². The first-order valence-electron chi connectivity index (χ1n) is 8.31. The highest BCUT2D eigenvalue weighted by atomic mass is 32.1. The molecule has 6 nitrogen and oxygen atoms in total. The normalized spacial score (nSPS) is 10.9. The van der Waals surface area contributed by atoms with Gasteiger partial charge in [-0.05, 0) is 23.4 Å². The number of aromatic nitrogens is 3. The van der Waals surface area contributed by atoms with Crippen molar-refractivity contribution >= 4 is 28.6 Å². The van der Waals surface area contributed by atoms with E-state index in [9.17, 15) is 4.79 Å². The van der Waals surface area contributed by atoms with E-state index in [2.05, 4.69) is 22.0 Å². The minimum atomic E-state index is -0.513. The highest BCUT2D eigenvalue weighted by molar-refractivity contribution is 7.20. The molecule has 3 heterocycles. The van der Waals surface area contributed by atoms with Crippen molar-refractivity contribution in [3.63, 3.8) is 0 Å². The summed E-state index contributed by atoms with van der Waals surface area (Å²) in [5.41, 5.74) is 2.37. The number of hydrogen-bond acceptors (Lipinski definition) is 8. The quantitative estimate of drug-likeness (QED) is 0.433. The number of benzene rings is 1. The van der Waals surface area contributed by atoms with Crippen molar-refractivity contribution in [2.45, 2.75) is 20.0 Å². The summed E-state index contributed by atoms with van der Waals surface area (Å²) in [6.07, 6.45) is 0.971. The molecule has 0 N–H and O–H groups in total. The molecule has 0 bridgehead atoms. The second-order valence-electron chi connectivity index (χ2n) is 5.65. The third kappa shape index (κ3) is 3.96. The number of carbonyl (C=O) groups is 1. The maximum atomic E-state index is 12.2. The van der Waals surface area contributed by atoms with Crippen LogP contribution in [0.2, 0.25) is 0 Å². The summed E-state index contributed by atoms with van der Waals surface area (Å²) in [7, 11) is 0. The molecule has 4 rings (SSSR count). The smallest absolute Gasteiger partial charge is 0.358 e. The maximum absolute atomic E-state index is 12.2. The van der Waals surface area contributed by atoms with Crippen molar-refractivity contribution in [3.05, 3.63) is 64.3 Å². The Morgan fingerprint density at radius 1 is 1.15 bits per heavy atom. The van der Waals surface area contributed by atoms with Gasteiger partial charge in [0.25, 0.3) is 5.89 Å². The monoisotopic (exact) mass is 397 g/mol. The van der Waals surface area contributed by atoms with Crippen LogP contribution >= 0.6 is 22.7 Å². The average molecular weight is 397 g/mol. The van der Waals surface area contributed by atoms with Crippen LogP contribution in [0.3, 0.4) is 0 Å². The molecule has 0 fully saturated rings. The molecule has 0 amide bonds. The van der Waals surface area contributed by atoms with Gasteiger partial charge in [-0.2, -0.15) is 4.98 Å². The third-order valence-corrected chi connectivity index (χ3v) is 5.74. The molecule has 0 saturated carbocycles. The van der Waals surface area contributed by atoms with Crippen molar-refractivity contribution in [2.75, 3.05) is 0 Å². The lowest BCUT2D eigenvalue weighted by Crippen LogP contribution is -2.05. The van der Waals surface area contributed by atoms with Gasteiger partial charge in [0.2, 0.25) is 5.82 Å². The Balaban J connectivity index is 1.39. The number of carbonyl (C=O) groups excluding carboxylic acids is 1. The van der Waals surface area contributed by atoms with E-state index in [1.54, 1.807) is 16.7 Å². The minimum Gasteiger partial charge on any atom is -0.451 e. The standard InChI is InChI=1S/C19H15N3O3S2/c1-2-12-5-7-13(8-6-12)17-21-16(25-22-17)10-24-19(23)14-11-27-18(20-14)15-4-3-9-26-15/h3-9,11H,2,10H2,1H3. The van der Waals surface area contributed by atoms with E-state index < -0.39 is 5.97 Å². The number of ether oxygens (including phenoxy) is 1. The number of hydrogen-bond donors (Lipinski definition) is 0. The van der Waals surface area contributed by atoms with Gasteiger partial charge in [-0.15, -0.1) is 22.7 Å². The van der Waals surface area contributed by atoms with Crippen molar-refractivity contribution in [1.29, 1.82) is 0 Å². The average Bonchev–Trinajstić information content (AvgIpc) is 3.47. The Bertz CT molecular complexity index is 1040. The van der Waals surface area contributed by atoms with Crippen LogP contribution in [0.25, 0.3) is 21.3 Å². The largest absolute Gasteiger partial charge is 0.451 e. The van der Waals surface area contributed by atoms with E-state index in [0.717, 1.165) is 21.9 Å². The zero-order chi connectivity index (χ0) is 18.6. The molecule has 0 spiro atoms. The summed E-state index contributed by atoms with van der Waals surface area (Å²) in [5, 5.41) is 8.40. The van der Waals surface area contributed by atoms with Gasteiger partial charge >= 0.3 is 5.97 Å². The summed E-state index contributed by atoms with van der Waals surface area (Å²) in [6, 6.07) is 11.9. The number of rotatable bonds is 6. The Kier molecular flexibility index (Phi) is 5.08. The van der Waals surface area contributed by atoms with E-state index in [4.69, 9.17) is 9.26 Å². The first kappa shape index (κ1) is 17.6. The van der Waals surface area contributed by atoms with E-state index in [1.807, 2.05) is 41.8 Å². The number of nitrogens with zero attached hydrogens (tertiary/aromatic N) is 3. The van der Waals surface area contributed by atoms with Gasteiger partial charge in [0, 0.05) is 10.9 Å². The molecule has 136 valence electrons. The van der Waals surface area contributed by atoms with Gasteiger partial charge in [-0.1, -0.05) is 42.4 Å². The van der Waals surface area contributed by atoms with Crippen LogP contribution < -0.4 is 0 Å². The summed E-state index contributed by atoms with van der Waals surface area (Å²) in [5.74, 6) is 0.199. The van der Waals surface area contributed by atoms with Crippen LogP contribution in [0.5, 0.6) is 0 Å². The Labute approximate surface area is 163 Å². The molecule has 0 radical (unpaired) electrons. The molecule has 0 aliphatic carbocycles. The highest BCUT2D eigenvalue weighted by Gasteiger charge is 2.16. The predicted octanol–water partition coefficient (Wildman–Crippen LogP) is 4.84. The molecule has 0 aliphatic heterocycles.